The highest BCUT2D eigenvalue weighted by Gasteiger charge is 2.08. The van der Waals surface area contributed by atoms with Crippen LogP contribution >= 0.6 is 0 Å². The van der Waals surface area contributed by atoms with E-state index in [-0.39, 0.29) is 11.5 Å². The standard InChI is InChI=1S/C10H12N2O3/c1-6-9(10(14)15)4-3-8(12-6)5-11-7(2)13/h3-4H,5H2,1-2H3,(H,11,13)(H,14,15). The van der Waals surface area contributed by atoms with Crippen molar-refractivity contribution < 1.29 is 14.7 Å². The van der Waals surface area contributed by atoms with Crippen LogP contribution < -0.4 is 5.32 Å². The molecule has 0 unspecified atom stereocenters. The molecule has 0 bridgehead atoms. The average molecular weight is 208 g/mol. The summed E-state index contributed by atoms with van der Waals surface area (Å²) >= 11 is 0. The maximum atomic E-state index is 10.7. The fourth-order valence-electron chi connectivity index (χ4n) is 1.15. The Hall–Kier alpha value is -1.91. The number of hydrogen-bond donors (Lipinski definition) is 2. The van der Waals surface area contributed by atoms with E-state index in [0.717, 1.165) is 0 Å². The molecule has 5 heteroatoms. The minimum atomic E-state index is -0.994. The molecule has 0 atom stereocenters. The molecule has 1 heterocycles. The third kappa shape index (κ3) is 3.05. The monoisotopic (exact) mass is 208 g/mol. The summed E-state index contributed by atoms with van der Waals surface area (Å²) < 4.78 is 0. The molecule has 0 spiro atoms. The van der Waals surface area contributed by atoms with Gasteiger partial charge in [-0.3, -0.25) is 9.78 Å². The Balaban J connectivity index is 2.82. The second-order valence-corrected chi connectivity index (χ2v) is 3.15. The number of carbonyl (C=O) groups is 2. The number of pyridine rings is 1. The highest BCUT2D eigenvalue weighted by atomic mass is 16.4. The van der Waals surface area contributed by atoms with Gasteiger partial charge in [-0.25, -0.2) is 4.79 Å². The van der Waals surface area contributed by atoms with Gasteiger partial charge in [0.2, 0.25) is 5.91 Å². The highest BCUT2D eigenvalue weighted by molar-refractivity contribution is 5.88. The number of hydrogen-bond acceptors (Lipinski definition) is 3. The molecule has 0 saturated carbocycles. The molecule has 1 aromatic rings. The first-order valence-corrected chi connectivity index (χ1v) is 4.45. The van der Waals surface area contributed by atoms with E-state index in [1.807, 2.05) is 0 Å². The van der Waals surface area contributed by atoms with Crippen LogP contribution in [0.25, 0.3) is 0 Å². The van der Waals surface area contributed by atoms with Gasteiger partial charge in [0.05, 0.1) is 23.5 Å². The summed E-state index contributed by atoms with van der Waals surface area (Å²) in [5, 5.41) is 11.4. The molecule has 15 heavy (non-hydrogen) atoms. The SMILES string of the molecule is CC(=O)NCc1ccc(C(=O)O)c(C)n1. The van der Waals surface area contributed by atoms with Gasteiger partial charge in [0.1, 0.15) is 0 Å². The van der Waals surface area contributed by atoms with E-state index in [4.69, 9.17) is 5.11 Å². The predicted molar refractivity (Wildman–Crippen MR) is 53.5 cm³/mol. The Morgan fingerprint density at radius 3 is 2.60 bits per heavy atom. The third-order valence-electron chi connectivity index (χ3n) is 1.89. The highest BCUT2D eigenvalue weighted by Crippen LogP contribution is 2.06. The lowest BCUT2D eigenvalue weighted by atomic mass is 10.2. The lowest BCUT2D eigenvalue weighted by Crippen LogP contribution is -2.20. The molecule has 1 amide bonds. The maximum absolute atomic E-state index is 10.7. The molecule has 0 aliphatic heterocycles. The number of rotatable bonds is 3. The summed E-state index contributed by atoms with van der Waals surface area (Å²) in [7, 11) is 0. The van der Waals surface area contributed by atoms with Gasteiger partial charge in [-0.15, -0.1) is 0 Å². The molecule has 1 rings (SSSR count). The normalized spacial score (nSPS) is 9.73. The van der Waals surface area contributed by atoms with Crippen molar-refractivity contribution in [3.8, 4) is 0 Å². The van der Waals surface area contributed by atoms with Gasteiger partial charge in [-0.2, -0.15) is 0 Å². The first-order valence-electron chi connectivity index (χ1n) is 4.45. The summed E-state index contributed by atoms with van der Waals surface area (Å²) in [6.45, 7) is 3.36. The Labute approximate surface area is 87.1 Å². The average Bonchev–Trinajstić information content (AvgIpc) is 2.14. The molecule has 2 N–H and O–H groups in total. The molecule has 0 saturated heterocycles. The molecule has 0 aliphatic carbocycles. The van der Waals surface area contributed by atoms with Crippen LogP contribution in [0.2, 0.25) is 0 Å². The van der Waals surface area contributed by atoms with Crippen molar-refractivity contribution in [2.24, 2.45) is 0 Å². The second kappa shape index (κ2) is 4.54. The minimum absolute atomic E-state index is 0.142. The molecule has 0 aliphatic rings. The quantitative estimate of drug-likeness (QED) is 0.767. The van der Waals surface area contributed by atoms with Gasteiger partial charge in [-0.05, 0) is 19.1 Å². The summed E-state index contributed by atoms with van der Waals surface area (Å²) in [4.78, 5) is 25.4. The topological polar surface area (TPSA) is 79.3 Å². The van der Waals surface area contributed by atoms with E-state index in [1.54, 1.807) is 13.0 Å². The number of aromatic carboxylic acids is 1. The van der Waals surface area contributed by atoms with Crippen LogP contribution in [0.15, 0.2) is 12.1 Å². The minimum Gasteiger partial charge on any atom is -0.478 e. The van der Waals surface area contributed by atoms with Crippen LogP contribution in [0.4, 0.5) is 0 Å². The second-order valence-electron chi connectivity index (χ2n) is 3.15. The number of carbonyl (C=O) groups excluding carboxylic acids is 1. The van der Waals surface area contributed by atoms with Crippen molar-refractivity contribution in [1.29, 1.82) is 0 Å². The van der Waals surface area contributed by atoms with E-state index >= 15 is 0 Å². The molecule has 0 fully saturated rings. The zero-order chi connectivity index (χ0) is 11.4. The van der Waals surface area contributed by atoms with E-state index in [2.05, 4.69) is 10.3 Å². The van der Waals surface area contributed by atoms with Crippen molar-refractivity contribution in [2.75, 3.05) is 0 Å². The zero-order valence-electron chi connectivity index (χ0n) is 8.57. The van der Waals surface area contributed by atoms with Crippen LogP contribution in [-0.2, 0) is 11.3 Å². The van der Waals surface area contributed by atoms with Crippen LogP contribution in [0, 0.1) is 6.92 Å². The van der Waals surface area contributed by atoms with E-state index in [0.29, 0.717) is 17.9 Å². The van der Waals surface area contributed by atoms with Crippen molar-refractivity contribution in [3.05, 3.63) is 29.1 Å². The maximum Gasteiger partial charge on any atom is 0.337 e. The number of aromatic nitrogens is 1. The first kappa shape index (κ1) is 11.2. The van der Waals surface area contributed by atoms with Crippen LogP contribution in [0.3, 0.4) is 0 Å². The Kier molecular flexibility index (Phi) is 3.38. The summed E-state index contributed by atoms with van der Waals surface area (Å²) in [5.74, 6) is -1.14. The van der Waals surface area contributed by atoms with Gasteiger partial charge < -0.3 is 10.4 Å². The third-order valence-corrected chi connectivity index (χ3v) is 1.89. The van der Waals surface area contributed by atoms with E-state index in [9.17, 15) is 9.59 Å². The van der Waals surface area contributed by atoms with Crippen molar-refractivity contribution in [3.63, 3.8) is 0 Å². The molecular formula is C10H12N2O3. The lowest BCUT2D eigenvalue weighted by Gasteiger charge is -2.04. The van der Waals surface area contributed by atoms with E-state index < -0.39 is 5.97 Å². The van der Waals surface area contributed by atoms with Gasteiger partial charge in [0.25, 0.3) is 0 Å². The number of nitrogens with one attached hydrogen (secondary N) is 1. The lowest BCUT2D eigenvalue weighted by molar-refractivity contribution is -0.119. The summed E-state index contributed by atoms with van der Waals surface area (Å²) in [6.07, 6.45) is 0. The number of amides is 1. The molecular weight excluding hydrogens is 196 g/mol. The van der Waals surface area contributed by atoms with E-state index in [1.165, 1.54) is 13.0 Å². The van der Waals surface area contributed by atoms with Crippen LogP contribution in [-0.4, -0.2) is 22.0 Å². The van der Waals surface area contributed by atoms with Gasteiger partial charge in [0.15, 0.2) is 0 Å². The number of carboxylic acids is 1. The Bertz CT molecular complexity index is 402. The fourth-order valence-corrected chi connectivity index (χ4v) is 1.15. The smallest absolute Gasteiger partial charge is 0.337 e. The van der Waals surface area contributed by atoms with Gasteiger partial charge >= 0.3 is 5.97 Å². The summed E-state index contributed by atoms with van der Waals surface area (Å²) in [6, 6.07) is 3.08. The zero-order valence-corrected chi connectivity index (χ0v) is 8.57. The Morgan fingerprint density at radius 1 is 1.47 bits per heavy atom. The van der Waals surface area contributed by atoms with Crippen LogP contribution in [0.5, 0.6) is 0 Å². The Morgan fingerprint density at radius 2 is 2.13 bits per heavy atom. The fraction of sp³-hybridized carbons (Fsp3) is 0.300. The largest absolute Gasteiger partial charge is 0.478 e. The van der Waals surface area contributed by atoms with Crippen molar-refractivity contribution in [2.45, 2.75) is 20.4 Å². The molecule has 0 aromatic carbocycles. The summed E-state index contributed by atoms with van der Waals surface area (Å²) in [5.41, 5.74) is 1.28. The predicted octanol–water partition coefficient (Wildman–Crippen LogP) is 0.724. The van der Waals surface area contributed by atoms with Crippen molar-refractivity contribution >= 4 is 11.9 Å². The first-order chi connectivity index (χ1) is 7.00. The molecule has 1 aromatic heterocycles. The van der Waals surface area contributed by atoms with Crippen molar-refractivity contribution in [1.82, 2.24) is 10.3 Å². The number of carboxylic acid groups (broad SMARTS) is 1. The number of nitrogens with zero attached hydrogens (tertiary/aromatic N) is 1. The van der Waals surface area contributed by atoms with Gasteiger partial charge in [0, 0.05) is 6.92 Å². The number of aryl methyl sites for hydroxylation is 1. The van der Waals surface area contributed by atoms with Gasteiger partial charge in [-0.1, -0.05) is 0 Å². The molecule has 0 radical (unpaired) electrons. The molecule has 5 nitrogen and oxygen atoms in total. The molecule has 80 valence electrons. The van der Waals surface area contributed by atoms with Crippen LogP contribution in [0.1, 0.15) is 28.7 Å².